The van der Waals surface area contributed by atoms with E-state index in [1.807, 2.05) is 0 Å². The smallest absolute Gasteiger partial charge is 0.319 e. The van der Waals surface area contributed by atoms with Gasteiger partial charge in [0.05, 0.1) is 36.5 Å². The molecule has 1 fully saturated rings. The number of aliphatic hydroxyl groups excluding tert-OH is 1. The predicted octanol–water partition coefficient (Wildman–Crippen LogP) is 3.35. The molecule has 29 heavy (non-hydrogen) atoms. The fraction of sp³-hybridized carbons (Fsp3) is 0.579. The van der Waals surface area contributed by atoms with E-state index in [-0.39, 0.29) is 30.8 Å². The lowest BCUT2D eigenvalue weighted by Crippen LogP contribution is -2.32. The van der Waals surface area contributed by atoms with E-state index in [1.54, 1.807) is 27.0 Å². The summed E-state index contributed by atoms with van der Waals surface area (Å²) >= 11 is 0. The summed E-state index contributed by atoms with van der Waals surface area (Å²) in [6.07, 6.45) is 1.58. The van der Waals surface area contributed by atoms with Crippen molar-refractivity contribution in [3.8, 4) is 5.88 Å². The normalized spacial score (nSPS) is 22.2. The first-order chi connectivity index (χ1) is 13.7. The number of aromatic nitrogens is 4. The minimum absolute atomic E-state index is 0.108. The van der Waals surface area contributed by atoms with Gasteiger partial charge in [-0.15, -0.1) is 0 Å². The molecule has 3 atom stereocenters. The number of ether oxygens (including phenoxy) is 1. The van der Waals surface area contributed by atoms with Crippen LogP contribution >= 0.6 is 0 Å². The van der Waals surface area contributed by atoms with E-state index in [9.17, 15) is 13.9 Å². The van der Waals surface area contributed by atoms with Crippen LogP contribution in [0.15, 0.2) is 12.4 Å². The van der Waals surface area contributed by atoms with Gasteiger partial charge in [-0.3, -0.25) is 4.85 Å². The molecule has 3 rings (SSSR count). The van der Waals surface area contributed by atoms with Crippen molar-refractivity contribution < 1.29 is 18.6 Å². The molecule has 2 aromatic heterocycles. The van der Waals surface area contributed by atoms with E-state index in [2.05, 4.69) is 25.2 Å². The lowest BCUT2D eigenvalue weighted by atomic mass is 9.87. The van der Waals surface area contributed by atoms with E-state index in [1.165, 1.54) is 4.68 Å². The zero-order valence-electron chi connectivity index (χ0n) is 16.6. The van der Waals surface area contributed by atoms with Crippen LogP contribution in [0.25, 0.3) is 4.85 Å². The van der Waals surface area contributed by atoms with Crippen LogP contribution in [-0.2, 0) is 5.66 Å². The molecule has 1 aliphatic rings. The third-order valence-electron chi connectivity index (χ3n) is 4.99. The number of halogens is 2. The molecular weight excluding hydrogens is 382 g/mol. The number of rotatable bonds is 6. The highest BCUT2D eigenvalue weighted by Gasteiger charge is 2.30. The lowest BCUT2D eigenvalue weighted by Gasteiger charge is -2.28. The maximum absolute atomic E-state index is 14.0. The van der Waals surface area contributed by atoms with Crippen molar-refractivity contribution >= 4 is 11.6 Å². The Morgan fingerprint density at radius 2 is 2.21 bits per heavy atom. The average Bonchev–Trinajstić information content (AvgIpc) is 3.06. The Kier molecular flexibility index (Phi) is 5.98. The molecule has 10 heteroatoms. The number of nitrogens with zero attached hydrogens (tertiary/aromatic N) is 5. The van der Waals surface area contributed by atoms with E-state index >= 15 is 0 Å². The summed E-state index contributed by atoms with van der Waals surface area (Å²) in [5.41, 5.74) is 0.373. The third-order valence-corrected chi connectivity index (χ3v) is 4.99. The summed E-state index contributed by atoms with van der Waals surface area (Å²) in [6.45, 7) is 12.6. The monoisotopic (exact) mass is 406 g/mol. The molecule has 0 amide bonds. The SMILES string of the molecule is [C-]#[N+]C(C)(C)n1cc(Nc2ncc(F)c(OC[C@H]3CC[C@@H](O)[C@H](F)C3)n2)c(C)n1. The number of nitrogens with one attached hydrogen (secondary N) is 1. The quantitative estimate of drug-likeness (QED) is 0.715. The van der Waals surface area contributed by atoms with Crippen LogP contribution < -0.4 is 10.1 Å². The van der Waals surface area contributed by atoms with E-state index in [0.717, 1.165) is 6.20 Å². The largest absolute Gasteiger partial charge is 0.475 e. The molecule has 2 heterocycles. The highest BCUT2D eigenvalue weighted by Crippen LogP contribution is 2.28. The Labute approximate surface area is 167 Å². The number of aliphatic hydroxyl groups is 1. The van der Waals surface area contributed by atoms with Gasteiger partial charge < -0.3 is 15.2 Å². The predicted molar refractivity (Wildman–Crippen MR) is 102 cm³/mol. The summed E-state index contributed by atoms with van der Waals surface area (Å²) in [7, 11) is 0. The molecule has 8 nitrogen and oxygen atoms in total. The second-order valence-electron chi connectivity index (χ2n) is 7.72. The van der Waals surface area contributed by atoms with Gasteiger partial charge in [0.1, 0.15) is 6.17 Å². The Morgan fingerprint density at radius 3 is 2.90 bits per heavy atom. The van der Waals surface area contributed by atoms with Crippen LogP contribution in [0, 0.1) is 25.2 Å². The third kappa shape index (κ3) is 4.79. The second kappa shape index (κ2) is 8.29. The summed E-state index contributed by atoms with van der Waals surface area (Å²) in [4.78, 5) is 11.5. The molecule has 2 N–H and O–H groups in total. The van der Waals surface area contributed by atoms with Crippen LogP contribution in [0.1, 0.15) is 38.8 Å². The molecule has 0 aliphatic heterocycles. The zero-order valence-corrected chi connectivity index (χ0v) is 16.6. The van der Waals surface area contributed by atoms with E-state index in [0.29, 0.717) is 24.2 Å². The first kappa shape index (κ1) is 20.9. The van der Waals surface area contributed by atoms with Gasteiger partial charge in [0.15, 0.2) is 0 Å². The first-order valence-corrected chi connectivity index (χ1v) is 9.39. The molecule has 0 radical (unpaired) electrons. The fourth-order valence-corrected chi connectivity index (χ4v) is 3.08. The van der Waals surface area contributed by atoms with Crippen LogP contribution in [0.2, 0.25) is 0 Å². The molecule has 0 spiro atoms. The highest BCUT2D eigenvalue weighted by molar-refractivity contribution is 5.55. The molecule has 156 valence electrons. The minimum Gasteiger partial charge on any atom is -0.475 e. The van der Waals surface area contributed by atoms with Gasteiger partial charge in [-0.1, -0.05) is 0 Å². The van der Waals surface area contributed by atoms with Crippen molar-refractivity contribution in [2.45, 2.75) is 58.0 Å². The topological polar surface area (TPSA) is 89.5 Å². The van der Waals surface area contributed by atoms with Crippen molar-refractivity contribution in [3.63, 3.8) is 0 Å². The molecule has 2 aromatic rings. The van der Waals surface area contributed by atoms with Crippen molar-refractivity contribution in [1.29, 1.82) is 0 Å². The molecule has 0 bridgehead atoms. The van der Waals surface area contributed by atoms with E-state index < -0.39 is 23.8 Å². The summed E-state index contributed by atoms with van der Waals surface area (Å²) < 4.78 is 34.7. The minimum atomic E-state index is -1.29. The molecule has 0 saturated heterocycles. The van der Waals surface area contributed by atoms with Gasteiger partial charge in [-0.2, -0.15) is 19.2 Å². The maximum atomic E-state index is 14.0. The van der Waals surface area contributed by atoms with Gasteiger partial charge in [-0.25, -0.2) is 15.9 Å². The van der Waals surface area contributed by atoms with Crippen molar-refractivity contribution in [2.24, 2.45) is 5.92 Å². The van der Waals surface area contributed by atoms with Gasteiger partial charge in [0.25, 0.3) is 5.88 Å². The Balaban J connectivity index is 1.69. The first-order valence-electron chi connectivity index (χ1n) is 9.39. The van der Waals surface area contributed by atoms with Gasteiger partial charge >= 0.3 is 5.66 Å². The number of hydrogen-bond acceptors (Lipinski definition) is 6. The molecular formula is C19H24F2N6O2. The summed E-state index contributed by atoms with van der Waals surface area (Å²) in [5, 5.41) is 16.7. The van der Waals surface area contributed by atoms with Crippen LogP contribution in [0.5, 0.6) is 5.88 Å². The number of aryl methyl sites for hydroxylation is 1. The molecule has 0 unspecified atom stereocenters. The molecule has 1 aliphatic carbocycles. The van der Waals surface area contributed by atoms with Gasteiger partial charge in [0.2, 0.25) is 11.8 Å². The average molecular weight is 406 g/mol. The second-order valence-corrected chi connectivity index (χ2v) is 7.72. The number of alkyl halides is 1. The highest BCUT2D eigenvalue weighted by atomic mass is 19.1. The zero-order chi connectivity index (χ0) is 21.2. The lowest BCUT2D eigenvalue weighted by molar-refractivity contribution is 0.0144. The fourth-order valence-electron chi connectivity index (χ4n) is 3.08. The van der Waals surface area contributed by atoms with Crippen LogP contribution in [0.3, 0.4) is 0 Å². The molecule has 0 aromatic carbocycles. The number of hydrogen-bond donors (Lipinski definition) is 2. The van der Waals surface area contributed by atoms with Crippen molar-refractivity contribution in [1.82, 2.24) is 19.7 Å². The molecule has 1 saturated carbocycles. The Hall–Kier alpha value is -2.80. The van der Waals surface area contributed by atoms with Crippen molar-refractivity contribution in [2.75, 3.05) is 11.9 Å². The Bertz CT molecular complexity index is 911. The standard InChI is InChI=1S/C19H24F2N6O2/c1-11-15(9-27(26-11)19(2,3)22-4)24-18-23-8-14(21)17(25-18)29-10-12-5-6-16(28)13(20)7-12/h8-9,12-13,16,28H,5-7,10H2,1-3H3,(H,23,24,25)/t12-,13+,16+/m0/s1. The van der Waals surface area contributed by atoms with Crippen LogP contribution in [-0.4, -0.2) is 43.7 Å². The van der Waals surface area contributed by atoms with Gasteiger partial charge in [-0.05, 0) is 32.1 Å². The van der Waals surface area contributed by atoms with Crippen molar-refractivity contribution in [3.05, 3.63) is 35.3 Å². The summed E-state index contributed by atoms with van der Waals surface area (Å²) in [5.74, 6) is -0.942. The number of anilines is 2. The Morgan fingerprint density at radius 1 is 1.45 bits per heavy atom. The van der Waals surface area contributed by atoms with Crippen LogP contribution in [0.4, 0.5) is 20.4 Å². The summed E-state index contributed by atoms with van der Waals surface area (Å²) in [6, 6.07) is 0. The maximum Gasteiger partial charge on any atom is 0.319 e. The van der Waals surface area contributed by atoms with Gasteiger partial charge in [0, 0.05) is 13.8 Å². The van der Waals surface area contributed by atoms with E-state index in [4.69, 9.17) is 11.3 Å².